The normalized spacial score (nSPS) is 13.6. The molecule has 0 unspecified atom stereocenters. The van der Waals surface area contributed by atoms with E-state index in [4.69, 9.17) is 9.47 Å². The summed E-state index contributed by atoms with van der Waals surface area (Å²) in [6.07, 6.45) is -3.92. The van der Waals surface area contributed by atoms with Gasteiger partial charge in [-0.15, -0.1) is 0 Å². The van der Waals surface area contributed by atoms with Crippen molar-refractivity contribution in [1.82, 2.24) is 4.98 Å². The quantitative estimate of drug-likeness (QED) is 0.765. The predicted octanol–water partition coefficient (Wildman–Crippen LogP) is 3.32. The molecular formula is C18H15F3N2O4. The summed E-state index contributed by atoms with van der Waals surface area (Å²) in [5, 5.41) is 0. The molecule has 3 rings (SSSR count). The fourth-order valence-corrected chi connectivity index (χ4v) is 2.60. The number of benzene rings is 1. The van der Waals surface area contributed by atoms with E-state index in [0.29, 0.717) is 17.6 Å². The smallest absolute Gasteiger partial charge is 0.417 e. The van der Waals surface area contributed by atoms with Crippen molar-refractivity contribution in [2.75, 3.05) is 24.7 Å². The second-order valence-electron chi connectivity index (χ2n) is 5.64. The number of carbonyl (C=O) groups excluding carboxylic acids is 2. The Morgan fingerprint density at radius 3 is 2.67 bits per heavy atom. The molecule has 142 valence electrons. The van der Waals surface area contributed by atoms with Gasteiger partial charge < -0.3 is 14.4 Å². The number of esters is 1. The number of anilines is 1. The first-order chi connectivity index (χ1) is 12.8. The van der Waals surface area contributed by atoms with E-state index in [1.807, 2.05) is 0 Å². The lowest BCUT2D eigenvalue weighted by Crippen LogP contribution is -2.38. The van der Waals surface area contributed by atoms with E-state index in [1.54, 1.807) is 13.0 Å². The topological polar surface area (TPSA) is 68.7 Å². The maximum absolute atomic E-state index is 12.7. The highest BCUT2D eigenvalue weighted by molar-refractivity contribution is 6.06. The molecule has 9 heteroatoms. The minimum Gasteiger partial charge on any atom is -0.490 e. The molecule has 2 heterocycles. The first kappa shape index (κ1) is 18.7. The Bertz CT molecular complexity index is 866. The van der Waals surface area contributed by atoms with E-state index < -0.39 is 23.6 Å². The third-order valence-corrected chi connectivity index (χ3v) is 3.89. The van der Waals surface area contributed by atoms with E-state index in [-0.39, 0.29) is 31.0 Å². The zero-order chi connectivity index (χ0) is 19.6. The minimum atomic E-state index is -4.53. The van der Waals surface area contributed by atoms with Crippen molar-refractivity contribution in [2.24, 2.45) is 0 Å². The number of aromatic nitrogens is 1. The van der Waals surface area contributed by atoms with Crippen molar-refractivity contribution in [3.05, 3.63) is 53.3 Å². The molecule has 0 saturated carbocycles. The molecule has 0 N–H and O–H groups in total. The molecule has 0 radical (unpaired) electrons. The van der Waals surface area contributed by atoms with E-state index >= 15 is 0 Å². The highest BCUT2D eigenvalue weighted by Crippen LogP contribution is 2.34. The molecule has 1 aromatic heterocycles. The number of halogens is 3. The summed E-state index contributed by atoms with van der Waals surface area (Å²) in [6.45, 7) is 2.25. The second kappa shape index (κ2) is 7.26. The van der Waals surface area contributed by atoms with Crippen LogP contribution in [0.2, 0.25) is 0 Å². The zero-order valence-electron chi connectivity index (χ0n) is 14.2. The van der Waals surface area contributed by atoms with Crippen molar-refractivity contribution < 1.29 is 32.2 Å². The van der Waals surface area contributed by atoms with Gasteiger partial charge in [0.1, 0.15) is 18.1 Å². The summed E-state index contributed by atoms with van der Waals surface area (Å²) in [6, 6.07) is 6.34. The van der Waals surface area contributed by atoms with Crippen LogP contribution in [0.15, 0.2) is 36.5 Å². The molecule has 0 spiro atoms. The van der Waals surface area contributed by atoms with Gasteiger partial charge in [0.15, 0.2) is 0 Å². The van der Waals surface area contributed by atoms with Crippen LogP contribution in [0, 0.1) is 0 Å². The Hall–Kier alpha value is -3.10. The summed E-state index contributed by atoms with van der Waals surface area (Å²) in [4.78, 5) is 29.6. The first-order valence-corrected chi connectivity index (χ1v) is 8.10. The lowest BCUT2D eigenvalue weighted by atomic mass is 10.1. The molecule has 0 saturated heterocycles. The molecule has 0 bridgehead atoms. The van der Waals surface area contributed by atoms with Gasteiger partial charge in [0.05, 0.1) is 30.0 Å². The number of pyridine rings is 1. The van der Waals surface area contributed by atoms with Crippen molar-refractivity contribution >= 4 is 17.6 Å². The van der Waals surface area contributed by atoms with E-state index in [2.05, 4.69) is 4.98 Å². The number of alkyl halides is 3. The average molecular weight is 380 g/mol. The van der Waals surface area contributed by atoms with Crippen molar-refractivity contribution in [3.63, 3.8) is 0 Å². The Balaban J connectivity index is 1.91. The number of rotatable bonds is 3. The molecule has 2 aromatic rings. The summed E-state index contributed by atoms with van der Waals surface area (Å²) in [7, 11) is 0. The van der Waals surface area contributed by atoms with Gasteiger partial charge in [0.25, 0.3) is 5.91 Å². The van der Waals surface area contributed by atoms with Gasteiger partial charge in [-0.3, -0.25) is 9.78 Å². The monoisotopic (exact) mass is 380 g/mol. The van der Waals surface area contributed by atoms with Crippen molar-refractivity contribution in [2.45, 2.75) is 13.1 Å². The van der Waals surface area contributed by atoms with Crippen LogP contribution in [0.3, 0.4) is 0 Å². The second-order valence-corrected chi connectivity index (χ2v) is 5.64. The largest absolute Gasteiger partial charge is 0.490 e. The molecule has 0 fully saturated rings. The minimum absolute atomic E-state index is 0.141. The SMILES string of the molecule is CCOC(=O)c1ccc2c(c1)N(C(=O)c1ccc(C(F)(F)F)cn1)CCO2. The van der Waals surface area contributed by atoms with Crippen molar-refractivity contribution in [1.29, 1.82) is 0 Å². The van der Waals surface area contributed by atoms with Gasteiger partial charge in [-0.1, -0.05) is 0 Å². The van der Waals surface area contributed by atoms with Crippen LogP contribution in [0.1, 0.15) is 33.3 Å². The maximum Gasteiger partial charge on any atom is 0.417 e. The predicted molar refractivity (Wildman–Crippen MR) is 88.8 cm³/mol. The summed E-state index contributed by atoms with van der Waals surface area (Å²) in [5.41, 5.74) is -0.513. The number of hydrogen-bond donors (Lipinski definition) is 0. The van der Waals surface area contributed by atoms with Crippen LogP contribution in [-0.2, 0) is 10.9 Å². The first-order valence-electron chi connectivity index (χ1n) is 8.10. The van der Waals surface area contributed by atoms with Gasteiger partial charge in [0, 0.05) is 6.20 Å². The lowest BCUT2D eigenvalue weighted by Gasteiger charge is -2.29. The van der Waals surface area contributed by atoms with Crippen molar-refractivity contribution in [3.8, 4) is 5.75 Å². The molecule has 1 amide bonds. The van der Waals surface area contributed by atoms with Gasteiger partial charge in [0.2, 0.25) is 0 Å². The highest BCUT2D eigenvalue weighted by Gasteiger charge is 2.32. The molecular weight excluding hydrogens is 365 g/mol. The molecule has 6 nitrogen and oxygen atoms in total. The van der Waals surface area contributed by atoms with E-state index in [0.717, 1.165) is 12.1 Å². The van der Waals surface area contributed by atoms with Crippen LogP contribution in [0.25, 0.3) is 0 Å². The van der Waals surface area contributed by atoms with Gasteiger partial charge in [-0.25, -0.2) is 4.79 Å². The number of hydrogen-bond acceptors (Lipinski definition) is 5. The molecule has 27 heavy (non-hydrogen) atoms. The summed E-state index contributed by atoms with van der Waals surface area (Å²) < 4.78 is 48.4. The summed E-state index contributed by atoms with van der Waals surface area (Å²) in [5.74, 6) is -0.755. The van der Waals surface area contributed by atoms with Gasteiger partial charge in [-0.2, -0.15) is 13.2 Å². The zero-order valence-corrected chi connectivity index (χ0v) is 14.2. The number of ether oxygens (including phenoxy) is 2. The van der Waals surface area contributed by atoms with Gasteiger partial charge in [-0.05, 0) is 37.3 Å². The van der Waals surface area contributed by atoms with Crippen LogP contribution < -0.4 is 9.64 Å². The molecule has 1 aliphatic heterocycles. The lowest BCUT2D eigenvalue weighted by molar-refractivity contribution is -0.137. The maximum atomic E-state index is 12.7. The Morgan fingerprint density at radius 1 is 1.26 bits per heavy atom. The number of nitrogens with zero attached hydrogens (tertiary/aromatic N) is 2. The number of fused-ring (bicyclic) bond motifs is 1. The molecule has 0 atom stereocenters. The Kier molecular flexibility index (Phi) is 5.02. The summed E-state index contributed by atoms with van der Waals surface area (Å²) >= 11 is 0. The number of carbonyl (C=O) groups is 2. The van der Waals surface area contributed by atoms with Crippen LogP contribution >= 0.6 is 0 Å². The van der Waals surface area contributed by atoms with E-state index in [1.165, 1.54) is 17.0 Å². The highest BCUT2D eigenvalue weighted by atomic mass is 19.4. The van der Waals surface area contributed by atoms with Crippen LogP contribution in [0.4, 0.5) is 18.9 Å². The third-order valence-electron chi connectivity index (χ3n) is 3.89. The Labute approximate surface area is 152 Å². The van der Waals surface area contributed by atoms with Crippen LogP contribution in [-0.4, -0.2) is 36.6 Å². The number of amides is 1. The van der Waals surface area contributed by atoms with Crippen LogP contribution in [0.5, 0.6) is 5.75 Å². The van der Waals surface area contributed by atoms with E-state index in [9.17, 15) is 22.8 Å². The molecule has 1 aromatic carbocycles. The standard InChI is InChI=1S/C18H15F3N2O4/c1-2-26-17(25)11-3-6-15-14(9-11)23(7-8-27-15)16(24)13-5-4-12(10-22-13)18(19,20)21/h3-6,9-10H,2,7-8H2,1H3. The third kappa shape index (κ3) is 3.86. The average Bonchev–Trinajstić information content (AvgIpc) is 2.66. The fourth-order valence-electron chi connectivity index (χ4n) is 2.60. The van der Waals surface area contributed by atoms with Gasteiger partial charge >= 0.3 is 12.1 Å². The molecule has 1 aliphatic rings. The fraction of sp³-hybridized carbons (Fsp3) is 0.278. The Morgan fingerprint density at radius 2 is 2.04 bits per heavy atom. The molecule has 0 aliphatic carbocycles.